The van der Waals surface area contributed by atoms with Crippen molar-refractivity contribution in [2.24, 2.45) is 0 Å². The van der Waals surface area contributed by atoms with Crippen molar-refractivity contribution in [3.05, 3.63) is 107 Å². The van der Waals surface area contributed by atoms with E-state index in [9.17, 15) is 26.4 Å². The van der Waals surface area contributed by atoms with Crippen molar-refractivity contribution < 1.29 is 26.4 Å². The number of hydrogen-bond acceptors (Lipinski definition) is 10. The zero-order chi connectivity index (χ0) is 34.3. The van der Waals surface area contributed by atoms with Gasteiger partial charge in [-0.05, 0) is 78.9 Å². The maximum atomic E-state index is 12.7. The highest BCUT2D eigenvalue weighted by Crippen LogP contribution is 2.39. The van der Waals surface area contributed by atoms with E-state index < -0.39 is 20.0 Å². The van der Waals surface area contributed by atoms with E-state index in [0.717, 1.165) is 60.7 Å². The van der Waals surface area contributed by atoms with Crippen LogP contribution in [-0.2, 0) is 55.3 Å². The fourth-order valence-electron chi connectivity index (χ4n) is 5.89. The molecule has 0 saturated heterocycles. The summed E-state index contributed by atoms with van der Waals surface area (Å²) in [7, 11) is -6.72. The highest BCUT2D eigenvalue weighted by molar-refractivity contribution is 7.92. The molecule has 0 spiro atoms. The maximum absolute atomic E-state index is 12.7. The van der Waals surface area contributed by atoms with Gasteiger partial charge in [0.15, 0.2) is 0 Å². The number of nitrogens with one attached hydrogen (secondary N) is 2. The van der Waals surface area contributed by atoms with Gasteiger partial charge in [0.2, 0.25) is 20.0 Å². The lowest BCUT2D eigenvalue weighted by Gasteiger charge is -2.28. The van der Waals surface area contributed by atoms with E-state index in [1.807, 2.05) is 24.3 Å². The van der Waals surface area contributed by atoms with Gasteiger partial charge in [0, 0.05) is 36.1 Å². The summed E-state index contributed by atoms with van der Waals surface area (Å²) in [6.45, 7) is 0. The Hall–Kier alpha value is -4.56. The number of carbonyl (C=O) groups excluding carboxylic acids is 2. The van der Waals surface area contributed by atoms with Crippen molar-refractivity contribution in [3.8, 4) is 0 Å². The van der Waals surface area contributed by atoms with Crippen LogP contribution in [0.15, 0.2) is 72.8 Å². The van der Waals surface area contributed by atoms with Crippen LogP contribution in [0.25, 0.3) is 0 Å². The molecule has 0 aliphatic heterocycles. The topological polar surface area (TPSA) is 178 Å². The highest BCUT2D eigenvalue weighted by Gasteiger charge is 2.27. The SMILES string of the molecule is CS(=O)(=O)Nc1ccc(CC(=O)Cc2ccc([C@H]3CCC[C@H](c4ccc(CC(=O)Cc5ccc(NS(C)(=O)=O)cc5)nn4)C3)nn2)cc1. The Kier molecular flexibility index (Phi) is 10.9. The summed E-state index contributed by atoms with van der Waals surface area (Å²) in [5.41, 5.74) is 5.44. The molecule has 1 fully saturated rings. The molecule has 4 aromatic rings. The van der Waals surface area contributed by atoms with Crippen LogP contribution in [0, 0.1) is 0 Å². The summed E-state index contributed by atoms with van der Waals surface area (Å²) in [4.78, 5) is 25.3. The van der Waals surface area contributed by atoms with Crippen molar-refractivity contribution in [2.45, 2.75) is 63.2 Å². The second-order valence-electron chi connectivity index (χ2n) is 12.4. The lowest BCUT2D eigenvalue weighted by Crippen LogP contribution is -2.17. The number of aromatic nitrogens is 4. The van der Waals surface area contributed by atoms with Gasteiger partial charge in [0.25, 0.3) is 0 Å². The number of carbonyl (C=O) groups is 2. The fraction of sp³-hybridized carbons (Fsp3) is 0.353. The first-order valence-electron chi connectivity index (χ1n) is 15.6. The van der Waals surface area contributed by atoms with E-state index in [1.54, 1.807) is 48.5 Å². The summed E-state index contributed by atoms with van der Waals surface area (Å²) >= 11 is 0. The lowest BCUT2D eigenvalue weighted by atomic mass is 9.78. The predicted molar refractivity (Wildman–Crippen MR) is 183 cm³/mol. The molecule has 1 aliphatic rings. The predicted octanol–water partition coefficient (Wildman–Crippen LogP) is 4.16. The van der Waals surface area contributed by atoms with Gasteiger partial charge in [-0.2, -0.15) is 20.4 Å². The van der Waals surface area contributed by atoms with Crippen LogP contribution in [0.3, 0.4) is 0 Å². The van der Waals surface area contributed by atoms with Crippen LogP contribution in [0.4, 0.5) is 11.4 Å². The molecule has 2 atom stereocenters. The van der Waals surface area contributed by atoms with Crippen molar-refractivity contribution in [3.63, 3.8) is 0 Å². The van der Waals surface area contributed by atoms with E-state index in [2.05, 4.69) is 29.8 Å². The normalized spacial score (nSPS) is 16.6. The molecule has 12 nitrogen and oxygen atoms in total. The first kappa shape index (κ1) is 34.8. The minimum atomic E-state index is -3.36. The van der Waals surface area contributed by atoms with Crippen LogP contribution < -0.4 is 9.44 Å². The fourth-order valence-corrected chi connectivity index (χ4v) is 7.01. The monoisotopic (exact) mass is 690 g/mol. The van der Waals surface area contributed by atoms with Crippen LogP contribution in [0.1, 0.15) is 71.4 Å². The molecule has 14 heteroatoms. The smallest absolute Gasteiger partial charge is 0.229 e. The van der Waals surface area contributed by atoms with Crippen LogP contribution in [-0.4, -0.2) is 61.3 Å². The molecular weight excluding hydrogens is 653 g/mol. The molecular formula is C34H38N6O6S2. The van der Waals surface area contributed by atoms with Gasteiger partial charge in [-0.3, -0.25) is 19.0 Å². The third-order valence-electron chi connectivity index (χ3n) is 8.07. The van der Waals surface area contributed by atoms with Gasteiger partial charge in [-0.25, -0.2) is 16.8 Å². The zero-order valence-electron chi connectivity index (χ0n) is 26.8. The Morgan fingerprint density at radius 1 is 0.583 bits per heavy atom. The van der Waals surface area contributed by atoms with Crippen LogP contribution in [0.2, 0.25) is 0 Å². The van der Waals surface area contributed by atoms with Gasteiger partial charge in [0.1, 0.15) is 11.6 Å². The molecule has 0 amide bonds. The number of Topliss-reactive ketones (excluding diaryl/α,β-unsaturated/α-hetero) is 2. The number of benzene rings is 2. The minimum Gasteiger partial charge on any atom is -0.299 e. The molecule has 2 N–H and O–H groups in total. The third kappa shape index (κ3) is 10.7. The largest absolute Gasteiger partial charge is 0.299 e. The van der Waals surface area contributed by atoms with Crippen LogP contribution >= 0.6 is 0 Å². The molecule has 0 bridgehead atoms. The Labute approximate surface area is 280 Å². The van der Waals surface area contributed by atoms with Crippen molar-refractivity contribution >= 4 is 43.0 Å². The summed E-state index contributed by atoms with van der Waals surface area (Å²) < 4.78 is 50.3. The number of nitrogens with zero attached hydrogens (tertiary/aromatic N) is 4. The van der Waals surface area contributed by atoms with Crippen molar-refractivity contribution in [1.29, 1.82) is 0 Å². The van der Waals surface area contributed by atoms with Gasteiger partial charge < -0.3 is 0 Å². The van der Waals surface area contributed by atoms with E-state index in [-0.39, 0.29) is 49.1 Å². The van der Waals surface area contributed by atoms with E-state index in [0.29, 0.717) is 22.8 Å². The number of hydrogen-bond donors (Lipinski definition) is 2. The van der Waals surface area contributed by atoms with E-state index >= 15 is 0 Å². The summed E-state index contributed by atoms with van der Waals surface area (Å²) in [5, 5.41) is 17.6. The minimum absolute atomic E-state index is 0.0135. The summed E-state index contributed by atoms with van der Waals surface area (Å²) in [6, 6.07) is 21.0. The zero-order valence-corrected chi connectivity index (χ0v) is 28.4. The van der Waals surface area contributed by atoms with Gasteiger partial charge in [-0.15, -0.1) is 0 Å². The molecule has 5 rings (SSSR count). The summed E-state index contributed by atoms with van der Waals surface area (Å²) in [5.74, 6) is 0.394. The number of sulfonamides is 2. The average Bonchev–Trinajstić information content (AvgIpc) is 3.02. The van der Waals surface area contributed by atoms with E-state index in [4.69, 9.17) is 0 Å². The van der Waals surface area contributed by atoms with Gasteiger partial charge >= 0.3 is 0 Å². The molecule has 0 unspecified atom stereocenters. The molecule has 0 radical (unpaired) electrons. The van der Waals surface area contributed by atoms with E-state index in [1.165, 1.54) is 0 Å². The molecule has 1 saturated carbocycles. The molecule has 252 valence electrons. The lowest BCUT2D eigenvalue weighted by molar-refractivity contribution is -0.118. The van der Waals surface area contributed by atoms with Crippen LogP contribution in [0.5, 0.6) is 0 Å². The second kappa shape index (κ2) is 15.1. The molecule has 2 aromatic carbocycles. The van der Waals surface area contributed by atoms with Crippen molar-refractivity contribution in [2.75, 3.05) is 22.0 Å². The first-order chi connectivity index (χ1) is 22.8. The molecule has 48 heavy (non-hydrogen) atoms. The number of anilines is 2. The van der Waals surface area contributed by atoms with Gasteiger partial charge in [0.05, 0.1) is 48.1 Å². The number of ketones is 2. The van der Waals surface area contributed by atoms with Crippen molar-refractivity contribution in [1.82, 2.24) is 20.4 Å². The van der Waals surface area contributed by atoms with Gasteiger partial charge in [-0.1, -0.05) is 30.7 Å². The quantitative estimate of drug-likeness (QED) is 0.195. The summed E-state index contributed by atoms with van der Waals surface area (Å²) in [6.07, 6.45) is 6.74. The number of rotatable bonds is 14. The first-order valence-corrected chi connectivity index (χ1v) is 19.4. The standard InChI is InChI=1S/C34H38N6O6S2/c1-47(43,44)39-27-10-6-23(7-11-27)18-31(41)21-29-14-16-33(37-35-29)25-4-3-5-26(20-25)34-17-15-30(36-38-34)22-32(42)19-24-8-12-28(13-9-24)40-48(2,45)46/h6-17,25-26,39-40H,3-5,18-22H2,1-2H3/t25-,26-/m0/s1. The third-order valence-corrected chi connectivity index (χ3v) is 9.28. The maximum Gasteiger partial charge on any atom is 0.229 e. The Morgan fingerprint density at radius 3 is 1.31 bits per heavy atom. The highest BCUT2D eigenvalue weighted by atomic mass is 32.2. The molecule has 1 aliphatic carbocycles. The Balaban J connectivity index is 1.10. The molecule has 2 heterocycles. The Morgan fingerprint density at radius 2 is 0.979 bits per heavy atom. The second-order valence-corrected chi connectivity index (χ2v) is 15.9. The Bertz CT molecular complexity index is 1810. The average molecular weight is 691 g/mol. The molecule has 2 aromatic heterocycles.